The molecule has 1 saturated heterocycles. The number of piperazine rings is 1. The zero-order valence-corrected chi connectivity index (χ0v) is 13.6. The molecule has 1 amide bonds. The highest BCUT2D eigenvalue weighted by Crippen LogP contribution is 2.24. The number of hydrogen-bond acceptors (Lipinski definition) is 4. The number of carbonyl (C=O) groups excluding carboxylic acids is 1. The molecule has 0 bridgehead atoms. The van der Waals surface area contributed by atoms with E-state index in [9.17, 15) is 9.90 Å². The fraction of sp³-hybridized carbons (Fsp3) is 0.588. The zero-order valence-electron chi connectivity index (χ0n) is 13.6. The lowest BCUT2D eigenvalue weighted by Gasteiger charge is -2.28. The molecule has 1 aliphatic rings. The Labute approximate surface area is 132 Å². The van der Waals surface area contributed by atoms with E-state index in [1.807, 2.05) is 17.0 Å². The summed E-state index contributed by atoms with van der Waals surface area (Å²) in [6.45, 7) is 8.94. The quantitative estimate of drug-likeness (QED) is 0.857. The van der Waals surface area contributed by atoms with Crippen LogP contribution in [0.5, 0.6) is 5.75 Å². The number of carbonyl (C=O) groups is 1. The van der Waals surface area contributed by atoms with Gasteiger partial charge in [0.15, 0.2) is 0 Å². The van der Waals surface area contributed by atoms with Gasteiger partial charge in [0, 0.05) is 19.6 Å². The molecule has 5 heteroatoms. The monoisotopic (exact) mass is 306 g/mol. The normalized spacial score (nSPS) is 17.9. The number of amides is 1. The summed E-state index contributed by atoms with van der Waals surface area (Å²) in [7, 11) is 0. The van der Waals surface area contributed by atoms with Gasteiger partial charge in [-0.1, -0.05) is 32.9 Å². The van der Waals surface area contributed by atoms with Crippen molar-refractivity contribution in [1.29, 1.82) is 0 Å². The molecule has 2 rings (SSSR count). The second-order valence-electron chi connectivity index (χ2n) is 6.82. The summed E-state index contributed by atoms with van der Waals surface area (Å²) in [5, 5.41) is 12.8. The number of nitrogens with zero attached hydrogens (tertiary/aromatic N) is 1. The first-order valence-corrected chi connectivity index (χ1v) is 7.75. The number of ether oxygens (including phenoxy) is 1. The molecule has 1 aromatic rings. The summed E-state index contributed by atoms with van der Waals surface area (Å²) in [5.74, 6) is 0.764. The number of aliphatic hydroxyl groups is 1. The highest BCUT2D eigenvalue weighted by atomic mass is 16.5. The lowest BCUT2D eigenvalue weighted by atomic mass is 9.87. The molecule has 1 aliphatic heterocycles. The molecule has 1 unspecified atom stereocenters. The Morgan fingerprint density at radius 1 is 1.32 bits per heavy atom. The molecule has 2 N–H and O–H groups in total. The summed E-state index contributed by atoms with van der Waals surface area (Å²) < 4.78 is 5.63. The minimum Gasteiger partial charge on any atom is -0.491 e. The van der Waals surface area contributed by atoms with Gasteiger partial charge in [-0.05, 0) is 23.1 Å². The lowest BCUT2D eigenvalue weighted by molar-refractivity contribution is -0.124. The maximum atomic E-state index is 11.3. The van der Waals surface area contributed by atoms with Crippen LogP contribution in [0.15, 0.2) is 24.3 Å². The number of β-amino-alcohol motifs (C(OH)–C–C–N with tert-alkyl or cyclic N) is 1. The third-order valence-electron chi connectivity index (χ3n) is 3.75. The molecule has 1 heterocycles. The number of hydrogen-bond donors (Lipinski definition) is 2. The van der Waals surface area contributed by atoms with Crippen molar-refractivity contribution in [3.63, 3.8) is 0 Å². The third kappa shape index (κ3) is 5.00. The Morgan fingerprint density at radius 3 is 2.59 bits per heavy atom. The predicted octanol–water partition coefficient (Wildman–Crippen LogP) is 1.16. The van der Waals surface area contributed by atoms with Gasteiger partial charge in [-0.3, -0.25) is 9.69 Å². The molecule has 0 radical (unpaired) electrons. The molecule has 5 nitrogen and oxygen atoms in total. The van der Waals surface area contributed by atoms with Crippen LogP contribution < -0.4 is 10.1 Å². The van der Waals surface area contributed by atoms with Crippen LogP contribution in [0.1, 0.15) is 26.3 Å². The van der Waals surface area contributed by atoms with Crippen molar-refractivity contribution < 1.29 is 14.6 Å². The van der Waals surface area contributed by atoms with E-state index in [1.165, 1.54) is 5.56 Å². The second-order valence-corrected chi connectivity index (χ2v) is 6.82. The SMILES string of the molecule is CC(C)(C)c1ccc(OCC(O)CN2CCNC(=O)C2)cc1. The Hall–Kier alpha value is -1.59. The highest BCUT2D eigenvalue weighted by Gasteiger charge is 2.19. The summed E-state index contributed by atoms with van der Waals surface area (Å²) >= 11 is 0. The Kier molecular flexibility index (Phi) is 5.42. The standard InChI is InChI=1S/C17H26N2O3/c1-17(2,3)13-4-6-15(7-5-13)22-12-14(20)10-19-9-8-18-16(21)11-19/h4-7,14,20H,8-12H2,1-3H3,(H,18,21). The van der Waals surface area contributed by atoms with Gasteiger partial charge in [-0.15, -0.1) is 0 Å². The van der Waals surface area contributed by atoms with Crippen LogP contribution in [-0.2, 0) is 10.2 Å². The Morgan fingerprint density at radius 2 is 2.00 bits per heavy atom. The van der Waals surface area contributed by atoms with E-state index in [2.05, 4.69) is 38.2 Å². The third-order valence-corrected chi connectivity index (χ3v) is 3.75. The average Bonchev–Trinajstić information content (AvgIpc) is 2.45. The summed E-state index contributed by atoms with van der Waals surface area (Å²) in [6, 6.07) is 7.97. The van der Waals surface area contributed by atoms with Crippen LogP contribution in [0.4, 0.5) is 0 Å². The highest BCUT2D eigenvalue weighted by molar-refractivity contribution is 5.78. The Balaban J connectivity index is 1.78. The number of aliphatic hydroxyl groups excluding tert-OH is 1. The van der Waals surface area contributed by atoms with Crippen molar-refractivity contribution >= 4 is 5.91 Å². The van der Waals surface area contributed by atoms with Crippen molar-refractivity contribution in [3.05, 3.63) is 29.8 Å². The van der Waals surface area contributed by atoms with Crippen molar-refractivity contribution in [2.45, 2.75) is 32.3 Å². The van der Waals surface area contributed by atoms with E-state index in [0.717, 1.165) is 12.3 Å². The maximum Gasteiger partial charge on any atom is 0.234 e. The van der Waals surface area contributed by atoms with Crippen LogP contribution in [0, 0.1) is 0 Å². The lowest BCUT2D eigenvalue weighted by Crippen LogP contribution is -2.50. The molecule has 122 valence electrons. The van der Waals surface area contributed by atoms with Crippen molar-refractivity contribution in [2.75, 3.05) is 32.8 Å². The van der Waals surface area contributed by atoms with Gasteiger partial charge in [0.1, 0.15) is 18.5 Å². The summed E-state index contributed by atoms with van der Waals surface area (Å²) in [6.07, 6.45) is -0.604. The number of benzene rings is 1. The van der Waals surface area contributed by atoms with Crippen LogP contribution in [0.3, 0.4) is 0 Å². The van der Waals surface area contributed by atoms with Crippen molar-refractivity contribution in [1.82, 2.24) is 10.2 Å². The minimum absolute atomic E-state index is 0.0112. The molecule has 1 atom stereocenters. The van der Waals surface area contributed by atoms with Crippen LogP contribution in [0.2, 0.25) is 0 Å². The van der Waals surface area contributed by atoms with Crippen LogP contribution in [0.25, 0.3) is 0 Å². The predicted molar refractivity (Wildman–Crippen MR) is 86.1 cm³/mol. The van der Waals surface area contributed by atoms with E-state index >= 15 is 0 Å². The van der Waals surface area contributed by atoms with E-state index < -0.39 is 6.10 Å². The molecular weight excluding hydrogens is 280 g/mol. The molecule has 0 saturated carbocycles. The largest absolute Gasteiger partial charge is 0.491 e. The molecule has 0 spiro atoms. The molecule has 1 aromatic carbocycles. The fourth-order valence-corrected chi connectivity index (χ4v) is 2.44. The van der Waals surface area contributed by atoms with Gasteiger partial charge in [0.2, 0.25) is 5.91 Å². The van der Waals surface area contributed by atoms with Crippen LogP contribution in [-0.4, -0.2) is 54.8 Å². The summed E-state index contributed by atoms with van der Waals surface area (Å²) in [4.78, 5) is 13.2. The van der Waals surface area contributed by atoms with Gasteiger partial charge in [-0.2, -0.15) is 0 Å². The molecule has 0 aromatic heterocycles. The van der Waals surface area contributed by atoms with E-state index in [-0.39, 0.29) is 17.9 Å². The second kappa shape index (κ2) is 7.11. The maximum absolute atomic E-state index is 11.3. The molecular formula is C17H26N2O3. The smallest absolute Gasteiger partial charge is 0.234 e. The first-order chi connectivity index (χ1) is 10.3. The zero-order chi connectivity index (χ0) is 16.2. The fourth-order valence-electron chi connectivity index (χ4n) is 2.44. The van der Waals surface area contributed by atoms with Gasteiger partial charge in [0.25, 0.3) is 0 Å². The first-order valence-electron chi connectivity index (χ1n) is 7.75. The van der Waals surface area contributed by atoms with Crippen molar-refractivity contribution in [2.24, 2.45) is 0 Å². The van der Waals surface area contributed by atoms with Gasteiger partial charge >= 0.3 is 0 Å². The topological polar surface area (TPSA) is 61.8 Å². The Bertz CT molecular complexity index is 494. The van der Waals surface area contributed by atoms with Gasteiger partial charge in [-0.25, -0.2) is 0 Å². The van der Waals surface area contributed by atoms with Crippen molar-refractivity contribution in [3.8, 4) is 5.75 Å². The average molecular weight is 306 g/mol. The van der Waals surface area contributed by atoms with Crippen LogP contribution >= 0.6 is 0 Å². The van der Waals surface area contributed by atoms with Gasteiger partial charge in [0.05, 0.1) is 6.54 Å². The number of rotatable bonds is 5. The van der Waals surface area contributed by atoms with E-state index in [1.54, 1.807) is 0 Å². The summed E-state index contributed by atoms with van der Waals surface area (Å²) in [5.41, 5.74) is 1.37. The molecule has 1 fully saturated rings. The van der Waals surface area contributed by atoms with E-state index in [0.29, 0.717) is 19.6 Å². The number of nitrogens with one attached hydrogen (secondary N) is 1. The molecule has 22 heavy (non-hydrogen) atoms. The minimum atomic E-state index is -0.604. The van der Waals surface area contributed by atoms with E-state index in [4.69, 9.17) is 4.74 Å². The molecule has 0 aliphatic carbocycles. The first kappa shape index (κ1) is 16.8. The van der Waals surface area contributed by atoms with Gasteiger partial charge < -0.3 is 15.2 Å².